The second-order valence-electron chi connectivity index (χ2n) is 21.3. The van der Waals surface area contributed by atoms with Crippen LogP contribution in [-0.2, 0) is 60.9 Å². The lowest BCUT2D eigenvalue weighted by Gasteiger charge is -2.35. The number of carbonyl (C=O) groups excluding carboxylic acids is 4. The average Bonchev–Trinajstić information content (AvgIpc) is 4.35. The molecule has 21 nitrogen and oxygen atoms in total. The van der Waals surface area contributed by atoms with E-state index in [9.17, 15) is 19.2 Å². The van der Waals surface area contributed by atoms with Gasteiger partial charge in [-0.1, -0.05) is 59.3 Å². The van der Waals surface area contributed by atoms with Gasteiger partial charge in [0.1, 0.15) is 29.9 Å². The number of benzene rings is 4. The minimum Gasteiger partial charge on any atom is -0.497 e. The number of ether oxygens (including phenoxy) is 6. The average molecular weight is 1190 g/mol. The molecule has 1 aliphatic rings. The third-order valence-corrected chi connectivity index (χ3v) is 15.1. The highest BCUT2D eigenvalue weighted by Crippen LogP contribution is 2.27. The van der Waals surface area contributed by atoms with E-state index < -0.39 is 12.1 Å². The summed E-state index contributed by atoms with van der Waals surface area (Å²) in [6.45, 7) is 15.7. The number of aryl methyl sites for hydroxylation is 2. The van der Waals surface area contributed by atoms with Crippen LogP contribution in [0.3, 0.4) is 0 Å². The summed E-state index contributed by atoms with van der Waals surface area (Å²) in [5.74, 6) is 1.92. The molecule has 2 aromatic heterocycles. The zero-order valence-corrected chi connectivity index (χ0v) is 51.0. The van der Waals surface area contributed by atoms with Gasteiger partial charge in [-0.05, 0) is 126 Å². The summed E-state index contributed by atoms with van der Waals surface area (Å²) in [5.41, 5.74) is 5.89. The van der Waals surface area contributed by atoms with E-state index in [1.165, 1.54) is 11.3 Å². The molecular formula is C63H85N11O10S. The van der Waals surface area contributed by atoms with Crippen molar-refractivity contribution in [1.29, 1.82) is 0 Å². The molecule has 1 saturated heterocycles. The fourth-order valence-electron chi connectivity index (χ4n) is 9.29. The molecule has 1 atom stereocenters. The number of anilines is 2. The first-order chi connectivity index (χ1) is 41.3. The van der Waals surface area contributed by atoms with Crippen LogP contribution in [0.1, 0.15) is 72.8 Å². The summed E-state index contributed by atoms with van der Waals surface area (Å²) in [7, 11) is 5.76. The number of urea groups is 1. The van der Waals surface area contributed by atoms with Crippen molar-refractivity contribution in [2.24, 2.45) is 0 Å². The minimum atomic E-state index is -0.776. The van der Waals surface area contributed by atoms with Crippen molar-refractivity contribution in [3.8, 4) is 17.2 Å². The summed E-state index contributed by atoms with van der Waals surface area (Å²) in [4.78, 5) is 65.6. The summed E-state index contributed by atoms with van der Waals surface area (Å²) in [5, 5.41) is 19.3. The number of nitrogens with one attached hydrogen (secondary N) is 3. The Kier molecular flexibility index (Phi) is 26.9. The molecule has 6 aromatic rings. The number of likely N-dealkylation sites (N-methyl/N-ethyl adjacent to an activating group) is 2. The zero-order chi connectivity index (χ0) is 60.2. The monoisotopic (exact) mass is 1190 g/mol. The van der Waals surface area contributed by atoms with E-state index in [2.05, 4.69) is 48.1 Å². The van der Waals surface area contributed by atoms with Crippen LogP contribution in [0.25, 0.3) is 0 Å². The summed E-state index contributed by atoms with van der Waals surface area (Å²) >= 11 is 1.28. The Morgan fingerprint density at radius 1 is 0.694 bits per heavy atom. The van der Waals surface area contributed by atoms with Crippen LogP contribution in [0.4, 0.5) is 15.6 Å². The number of piperazine rings is 1. The molecule has 0 aliphatic carbocycles. The van der Waals surface area contributed by atoms with Gasteiger partial charge >= 0.3 is 6.03 Å². The van der Waals surface area contributed by atoms with Gasteiger partial charge in [-0.3, -0.25) is 19.7 Å². The smallest absolute Gasteiger partial charge is 0.325 e. The maximum absolute atomic E-state index is 14.0. The molecule has 0 bridgehead atoms. The van der Waals surface area contributed by atoms with Crippen LogP contribution in [0, 0.1) is 6.92 Å². The molecule has 85 heavy (non-hydrogen) atoms. The van der Waals surface area contributed by atoms with E-state index in [1.807, 2.05) is 112 Å². The number of hydrogen-bond acceptors (Lipinski definition) is 16. The number of amides is 5. The third kappa shape index (κ3) is 22.8. The number of thiazole rings is 1. The largest absolute Gasteiger partial charge is 0.497 e. The second-order valence-corrected chi connectivity index (χ2v) is 22.2. The highest BCUT2D eigenvalue weighted by molar-refractivity contribution is 7.14. The Bertz CT molecular complexity index is 2940. The first kappa shape index (κ1) is 65.1. The van der Waals surface area contributed by atoms with Gasteiger partial charge in [0, 0.05) is 75.4 Å². The lowest BCUT2D eigenvalue weighted by molar-refractivity contribution is -0.143. The number of hydrogen-bond donors (Lipinski definition) is 3. The Morgan fingerprint density at radius 3 is 2.07 bits per heavy atom. The van der Waals surface area contributed by atoms with E-state index in [0.717, 1.165) is 78.5 Å². The molecule has 0 saturated carbocycles. The minimum absolute atomic E-state index is 0.0466. The van der Waals surface area contributed by atoms with Gasteiger partial charge in [0.15, 0.2) is 5.13 Å². The Labute approximate surface area is 504 Å². The number of nitrogens with zero attached hydrogens (tertiary/aromatic N) is 8. The SMILES string of the molecule is COc1ccc(CNC(=O)C(c2ccc(C)cc2)N(C(=O)CCc2ccc(OCCCCN(C)CCOCCOCCc3cn(CCOCCOc4ccc(NC(=O)Nc5nc(CC(=O)N6CCN(C)CC6)cs5)cc4)nn3)cc2)C(C)C)cc1. The highest BCUT2D eigenvalue weighted by atomic mass is 32.1. The Morgan fingerprint density at radius 2 is 1.35 bits per heavy atom. The van der Waals surface area contributed by atoms with Gasteiger partial charge in [-0.15, -0.1) is 16.4 Å². The van der Waals surface area contributed by atoms with Crippen LogP contribution in [0.5, 0.6) is 17.2 Å². The second kappa shape index (κ2) is 35.1. The van der Waals surface area contributed by atoms with Crippen molar-refractivity contribution in [2.75, 3.05) is 124 Å². The molecule has 1 aliphatic heterocycles. The number of rotatable bonds is 36. The fraction of sp³-hybridized carbons (Fsp3) is 0.476. The lowest BCUT2D eigenvalue weighted by atomic mass is 9.99. The molecule has 1 fully saturated rings. The quantitative estimate of drug-likeness (QED) is 0.0321. The predicted molar refractivity (Wildman–Crippen MR) is 328 cm³/mol. The fourth-order valence-corrected chi connectivity index (χ4v) is 9.99. The summed E-state index contributed by atoms with van der Waals surface area (Å²) < 4.78 is 36.2. The molecule has 458 valence electrons. The summed E-state index contributed by atoms with van der Waals surface area (Å²) in [6, 6.07) is 28.9. The number of methoxy groups -OCH3 is 1. The van der Waals surface area contributed by atoms with Crippen molar-refractivity contribution in [2.45, 2.75) is 84.5 Å². The van der Waals surface area contributed by atoms with Crippen LogP contribution < -0.4 is 30.2 Å². The molecule has 3 heterocycles. The van der Waals surface area contributed by atoms with Gasteiger partial charge < -0.3 is 58.7 Å². The van der Waals surface area contributed by atoms with E-state index in [0.29, 0.717) is 114 Å². The van der Waals surface area contributed by atoms with Gasteiger partial charge in [0.2, 0.25) is 17.7 Å². The number of carbonyl (C=O) groups is 4. The van der Waals surface area contributed by atoms with E-state index in [1.54, 1.807) is 46.3 Å². The zero-order valence-electron chi connectivity index (χ0n) is 50.2. The molecule has 22 heteroatoms. The predicted octanol–water partition coefficient (Wildman–Crippen LogP) is 7.70. The topological polar surface area (TPSA) is 216 Å². The Hall–Kier alpha value is -7.47. The molecule has 1 unspecified atom stereocenters. The van der Waals surface area contributed by atoms with Crippen LogP contribution >= 0.6 is 11.3 Å². The van der Waals surface area contributed by atoms with Crippen LogP contribution in [0.2, 0.25) is 0 Å². The van der Waals surface area contributed by atoms with E-state index in [4.69, 9.17) is 28.4 Å². The van der Waals surface area contributed by atoms with E-state index in [-0.39, 0.29) is 36.6 Å². The molecule has 0 radical (unpaired) electrons. The van der Waals surface area contributed by atoms with Gasteiger partial charge in [-0.25, -0.2) is 14.5 Å². The summed E-state index contributed by atoms with van der Waals surface area (Å²) in [6.07, 6.45) is 5.46. The lowest BCUT2D eigenvalue weighted by Crippen LogP contribution is -2.47. The van der Waals surface area contributed by atoms with Crippen molar-refractivity contribution in [1.82, 2.24) is 44.9 Å². The molecule has 4 aromatic carbocycles. The number of unbranched alkanes of at least 4 members (excludes halogenated alkanes) is 1. The molecule has 3 N–H and O–H groups in total. The molecule has 5 amide bonds. The third-order valence-electron chi connectivity index (χ3n) is 14.3. The number of aromatic nitrogens is 4. The normalized spacial score (nSPS) is 13.0. The molecular weight excluding hydrogens is 1100 g/mol. The first-order valence-corrected chi connectivity index (χ1v) is 30.2. The van der Waals surface area contributed by atoms with E-state index >= 15 is 0 Å². The molecule has 7 rings (SSSR count). The molecule has 0 spiro atoms. The maximum Gasteiger partial charge on any atom is 0.325 e. The van der Waals surface area contributed by atoms with Crippen molar-refractivity contribution in [3.63, 3.8) is 0 Å². The Balaban J connectivity index is 0.663. The van der Waals surface area contributed by atoms with Crippen LogP contribution in [0.15, 0.2) is 109 Å². The van der Waals surface area contributed by atoms with Gasteiger partial charge in [0.25, 0.3) is 0 Å². The van der Waals surface area contributed by atoms with Crippen molar-refractivity contribution in [3.05, 3.63) is 142 Å². The van der Waals surface area contributed by atoms with Gasteiger partial charge in [-0.2, -0.15) is 0 Å². The first-order valence-electron chi connectivity index (χ1n) is 29.3. The highest BCUT2D eigenvalue weighted by Gasteiger charge is 2.33. The van der Waals surface area contributed by atoms with Crippen molar-refractivity contribution >= 4 is 45.9 Å². The van der Waals surface area contributed by atoms with Gasteiger partial charge in [0.05, 0.1) is 77.7 Å². The maximum atomic E-state index is 14.0. The van der Waals surface area contributed by atoms with Crippen molar-refractivity contribution < 1.29 is 47.6 Å². The standard InChI is InChI=1S/C63H85N11O10S/c1-47(2)74(60(51-16-9-48(3)10-17-51)61(77)64-44-50-13-20-55(79-6)21-14-50)58(75)26-15-49-11-22-56(23-12-49)83-35-8-7-28-70(4)33-37-81-40-39-80-36-27-53-45-73(69-68-53)34-38-82-41-42-84-57-24-18-52(19-25-57)65-62(78)67-63-66-54(46-85-63)43-59(76)72-31-29-71(5)30-32-72/h9-14,16-25,45-47,60H,7-8,15,26-44H2,1-6H3,(H,64,77)(H2,65,66,67,78). The van der Waals surface area contributed by atoms with Crippen LogP contribution in [-0.4, -0.2) is 183 Å².